The molecule has 0 aromatic heterocycles. The van der Waals surface area contributed by atoms with Crippen molar-refractivity contribution in [2.75, 3.05) is 18.9 Å². The number of anilines is 1. The van der Waals surface area contributed by atoms with Gasteiger partial charge in [-0.15, -0.1) is 0 Å². The van der Waals surface area contributed by atoms with Gasteiger partial charge in [0, 0.05) is 24.5 Å². The van der Waals surface area contributed by atoms with E-state index < -0.39 is 0 Å². The molecule has 0 atom stereocenters. The average Bonchev–Trinajstić information content (AvgIpc) is 2.29. The monoisotopic (exact) mass is 225 g/mol. The van der Waals surface area contributed by atoms with Crippen LogP contribution in [0.15, 0.2) is 18.2 Å². The fraction of sp³-hybridized carbons (Fsp3) is 0.500. The molecule has 3 nitrogen and oxygen atoms in total. The number of rotatable bonds is 3. The van der Waals surface area contributed by atoms with Gasteiger partial charge in [0.2, 0.25) is 0 Å². The Hall–Kier alpha value is -1.13. The van der Waals surface area contributed by atoms with E-state index in [-0.39, 0.29) is 11.9 Å². The van der Waals surface area contributed by atoms with Crippen LogP contribution in [0.5, 0.6) is 0 Å². The molecule has 0 amide bonds. The van der Waals surface area contributed by atoms with Gasteiger partial charge in [-0.25, -0.2) is 4.39 Å². The van der Waals surface area contributed by atoms with E-state index in [4.69, 9.17) is 15.2 Å². The Morgan fingerprint density at radius 2 is 2.12 bits per heavy atom. The molecule has 4 heteroatoms. The van der Waals surface area contributed by atoms with Crippen LogP contribution >= 0.6 is 0 Å². The van der Waals surface area contributed by atoms with Crippen molar-refractivity contribution < 1.29 is 13.9 Å². The van der Waals surface area contributed by atoms with E-state index in [1.54, 1.807) is 12.1 Å². The van der Waals surface area contributed by atoms with Gasteiger partial charge in [0.25, 0.3) is 0 Å². The molecular formula is C12H16FNO2. The Kier molecular flexibility index (Phi) is 3.74. The van der Waals surface area contributed by atoms with Crippen LogP contribution in [0, 0.1) is 5.82 Å². The number of ether oxygens (including phenoxy) is 2. The third-order valence-electron chi connectivity index (χ3n) is 2.72. The van der Waals surface area contributed by atoms with Gasteiger partial charge in [0.15, 0.2) is 0 Å². The SMILES string of the molecule is Nc1ccc(COC2CCOCC2)c(F)c1. The molecule has 1 saturated heterocycles. The highest BCUT2D eigenvalue weighted by Crippen LogP contribution is 2.16. The third-order valence-corrected chi connectivity index (χ3v) is 2.72. The van der Waals surface area contributed by atoms with E-state index in [0.29, 0.717) is 17.9 Å². The van der Waals surface area contributed by atoms with Gasteiger partial charge in [0.1, 0.15) is 5.82 Å². The minimum atomic E-state index is -0.299. The van der Waals surface area contributed by atoms with Crippen LogP contribution in [0.4, 0.5) is 10.1 Å². The Bertz CT molecular complexity index is 351. The van der Waals surface area contributed by atoms with Crippen LogP contribution in [0.25, 0.3) is 0 Å². The van der Waals surface area contributed by atoms with Crippen molar-refractivity contribution in [3.8, 4) is 0 Å². The maximum Gasteiger partial charge on any atom is 0.130 e. The molecule has 2 rings (SSSR count). The summed E-state index contributed by atoms with van der Waals surface area (Å²) in [6, 6.07) is 4.68. The van der Waals surface area contributed by atoms with Crippen LogP contribution < -0.4 is 5.73 Å². The van der Waals surface area contributed by atoms with E-state index in [1.165, 1.54) is 6.07 Å². The van der Waals surface area contributed by atoms with Gasteiger partial charge in [-0.05, 0) is 25.0 Å². The molecule has 1 aliphatic heterocycles. The topological polar surface area (TPSA) is 44.5 Å². The molecule has 0 aliphatic carbocycles. The first-order chi connectivity index (χ1) is 7.75. The van der Waals surface area contributed by atoms with Crippen molar-refractivity contribution in [2.45, 2.75) is 25.6 Å². The predicted molar refractivity (Wildman–Crippen MR) is 59.4 cm³/mol. The molecule has 1 fully saturated rings. The lowest BCUT2D eigenvalue weighted by Gasteiger charge is -2.22. The van der Waals surface area contributed by atoms with Crippen LogP contribution in [-0.2, 0) is 16.1 Å². The maximum atomic E-state index is 13.4. The second-order valence-electron chi connectivity index (χ2n) is 3.97. The van der Waals surface area contributed by atoms with Gasteiger partial charge in [-0.2, -0.15) is 0 Å². The number of benzene rings is 1. The second-order valence-corrected chi connectivity index (χ2v) is 3.97. The van der Waals surface area contributed by atoms with Gasteiger partial charge >= 0.3 is 0 Å². The summed E-state index contributed by atoms with van der Waals surface area (Å²) < 4.78 is 24.3. The average molecular weight is 225 g/mol. The lowest BCUT2D eigenvalue weighted by Crippen LogP contribution is -2.23. The second kappa shape index (κ2) is 5.27. The van der Waals surface area contributed by atoms with E-state index >= 15 is 0 Å². The molecule has 0 saturated carbocycles. The van der Waals surface area contributed by atoms with E-state index in [2.05, 4.69) is 0 Å². The zero-order valence-corrected chi connectivity index (χ0v) is 9.12. The van der Waals surface area contributed by atoms with E-state index in [0.717, 1.165) is 26.1 Å². The maximum absolute atomic E-state index is 13.4. The number of halogens is 1. The molecule has 2 N–H and O–H groups in total. The highest BCUT2D eigenvalue weighted by Gasteiger charge is 2.14. The summed E-state index contributed by atoms with van der Waals surface area (Å²) in [5.41, 5.74) is 6.46. The molecule has 0 spiro atoms. The lowest BCUT2D eigenvalue weighted by molar-refractivity contribution is -0.0397. The van der Waals surface area contributed by atoms with Crippen LogP contribution in [0.3, 0.4) is 0 Å². The summed E-state index contributed by atoms with van der Waals surface area (Å²) in [7, 11) is 0. The van der Waals surface area contributed by atoms with Crippen molar-refractivity contribution in [3.63, 3.8) is 0 Å². The zero-order valence-electron chi connectivity index (χ0n) is 9.12. The Morgan fingerprint density at radius 3 is 2.81 bits per heavy atom. The number of nitrogen functional groups attached to an aromatic ring is 1. The molecule has 1 aromatic carbocycles. The molecule has 0 bridgehead atoms. The fourth-order valence-electron chi connectivity index (χ4n) is 1.73. The Balaban J connectivity index is 1.88. The Labute approximate surface area is 94.3 Å². The summed E-state index contributed by atoms with van der Waals surface area (Å²) in [6.45, 7) is 1.76. The number of hydrogen-bond acceptors (Lipinski definition) is 3. The zero-order chi connectivity index (χ0) is 11.4. The predicted octanol–water partition coefficient (Wildman–Crippen LogP) is 2.10. The van der Waals surface area contributed by atoms with Crippen molar-refractivity contribution in [3.05, 3.63) is 29.6 Å². The molecular weight excluding hydrogens is 209 g/mol. The standard InChI is InChI=1S/C12H16FNO2/c13-12-7-10(14)2-1-9(12)8-16-11-3-5-15-6-4-11/h1-2,7,11H,3-6,8,14H2. The number of hydrogen-bond donors (Lipinski definition) is 1. The minimum absolute atomic E-state index is 0.186. The number of nitrogens with two attached hydrogens (primary N) is 1. The van der Waals surface area contributed by atoms with Crippen molar-refractivity contribution in [2.24, 2.45) is 0 Å². The first-order valence-corrected chi connectivity index (χ1v) is 5.49. The van der Waals surface area contributed by atoms with E-state index in [9.17, 15) is 4.39 Å². The summed E-state index contributed by atoms with van der Waals surface area (Å²) in [5, 5.41) is 0. The minimum Gasteiger partial charge on any atom is -0.399 e. The molecule has 88 valence electrons. The molecule has 0 radical (unpaired) electrons. The fourth-order valence-corrected chi connectivity index (χ4v) is 1.73. The van der Waals surface area contributed by atoms with E-state index in [1.807, 2.05) is 0 Å². The Morgan fingerprint density at radius 1 is 1.38 bits per heavy atom. The highest BCUT2D eigenvalue weighted by atomic mass is 19.1. The lowest BCUT2D eigenvalue weighted by atomic mass is 10.1. The van der Waals surface area contributed by atoms with Crippen LogP contribution in [0.2, 0.25) is 0 Å². The molecule has 16 heavy (non-hydrogen) atoms. The molecule has 0 unspecified atom stereocenters. The molecule has 1 aliphatic rings. The van der Waals surface area contributed by atoms with Gasteiger partial charge < -0.3 is 15.2 Å². The summed E-state index contributed by atoms with van der Waals surface area (Å²) in [5.74, 6) is -0.299. The summed E-state index contributed by atoms with van der Waals surface area (Å²) in [4.78, 5) is 0. The first kappa shape index (κ1) is 11.4. The largest absolute Gasteiger partial charge is 0.399 e. The van der Waals surface area contributed by atoms with Crippen molar-refractivity contribution >= 4 is 5.69 Å². The first-order valence-electron chi connectivity index (χ1n) is 5.49. The van der Waals surface area contributed by atoms with Crippen molar-refractivity contribution in [1.29, 1.82) is 0 Å². The summed E-state index contributed by atoms with van der Waals surface area (Å²) in [6.07, 6.45) is 1.96. The normalized spacial score (nSPS) is 17.6. The van der Waals surface area contributed by atoms with Crippen LogP contribution in [0.1, 0.15) is 18.4 Å². The van der Waals surface area contributed by atoms with Gasteiger partial charge in [0.05, 0.1) is 12.7 Å². The van der Waals surface area contributed by atoms with Gasteiger partial charge in [-0.3, -0.25) is 0 Å². The van der Waals surface area contributed by atoms with Gasteiger partial charge in [-0.1, -0.05) is 6.07 Å². The smallest absolute Gasteiger partial charge is 0.130 e. The third kappa shape index (κ3) is 2.93. The molecule has 1 aromatic rings. The summed E-state index contributed by atoms with van der Waals surface area (Å²) >= 11 is 0. The van der Waals surface area contributed by atoms with Crippen molar-refractivity contribution in [1.82, 2.24) is 0 Å². The molecule has 1 heterocycles. The quantitative estimate of drug-likeness (QED) is 0.801. The van der Waals surface area contributed by atoms with Crippen LogP contribution in [-0.4, -0.2) is 19.3 Å². The highest BCUT2D eigenvalue weighted by molar-refractivity contribution is 5.40.